The van der Waals surface area contributed by atoms with Crippen molar-refractivity contribution in [2.45, 2.75) is 104 Å². The number of Topliss-reactive ketones (excluding diaryl/α,β-unsaturated/α-hetero) is 1. The average molecular weight is 735 g/mol. The summed E-state index contributed by atoms with van der Waals surface area (Å²) < 4.78 is 63.7. The molecule has 1 aliphatic heterocycles. The molecular formula is C33H53F3N6O7S. The van der Waals surface area contributed by atoms with Crippen LogP contribution in [0, 0.1) is 34.0 Å². The summed E-state index contributed by atoms with van der Waals surface area (Å²) in [6, 6.07) is -5.32. The van der Waals surface area contributed by atoms with Gasteiger partial charge in [0.1, 0.15) is 12.1 Å². The van der Waals surface area contributed by atoms with E-state index >= 15 is 0 Å². The first-order valence-electron chi connectivity index (χ1n) is 16.8. The van der Waals surface area contributed by atoms with E-state index < -0.39 is 86.6 Å². The van der Waals surface area contributed by atoms with Crippen LogP contribution >= 0.6 is 0 Å². The summed E-state index contributed by atoms with van der Waals surface area (Å²) in [7, 11) is -4.91. The molecule has 0 radical (unpaired) electrons. The van der Waals surface area contributed by atoms with Crippen molar-refractivity contribution in [3.63, 3.8) is 0 Å². The molecule has 3 rings (SSSR count). The standard InChI is InChI=1S/C33H53F3N6O7S/c1-11-14-37-27(45)24(43)20(15-18-12-13-18)38-26(44)23-22-19(32(22,8)9)16-42(23)28(46)25(31(5,6)7)40-29(47)39-21(30(2,3)4)17-41(10)50(48,49)33(34,35)36/h11,18-23,25H,1,12-17H2,2-10H3,(H,37,45)(H,38,44)(H2,39,40,47)/t19-,20?,21+,22-,23-,25+/m0/s1. The van der Waals surface area contributed by atoms with Gasteiger partial charge >= 0.3 is 21.6 Å². The molecule has 1 unspecified atom stereocenters. The van der Waals surface area contributed by atoms with Crippen LogP contribution in [0.25, 0.3) is 0 Å². The van der Waals surface area contributed by atoms with Gasteiger partial charge < -0.3 is 26.2 Å². The van der Waals surface area contributed by atoms with Crippen LogP contribution in [-0.2, 0) is 29.2 Å². The Balaban J connectivity index is 1.84. The fourth-order valence-electron chi connectivity index (χ4n) is 6.61. The molecule has 5 amide bonds. The third-order valence-electron chi connectivity index (χ3n) is 10.2. The van der Waals surface area contributed by atoms with E-state index in [9.17, 15) is 45.6 Å². The highest BCUT2D eigenvalue weighted by molar-refractivity contribution is 7.89. The van der Waals surface area contributed by atoms with Crippen molar-refractivity contribution in [1.29, 1.82) is 0 Å². The van der Waals surface area contributed by atoms with Gasteiger partial charge in [0.15, 0.2) is 0 Å². The smallest absolute Gasteiger partial charge is 0.346 e. The van der Waals surface area contributed by atoms with E-state index in [2.05, 4.69) is 27.8 Å². The molecule has 0 aromatic carbocycles. The van der Waals surface area contributed by atoms with E-state index in [0.29, 0.717) is 0 Å². The predicted octanol–water partition coefficient (Wildman–Crippen LogP) is 2.54. The van der Waals surface area contributed by atoms with Crippen molar-refractivity contribution in [2.75, 3.05) is 26.7 Å². The molecule has 1 saturated heterocycles. The van der Waals surface area contributed by atoms with E-state index in [1.54, 1.807) is 41.5 Å². The number of likely N-dealkylation sites (tertiary alicyclic amines) is 1. The number of sulfonamides is 1. The molecule has 0 bridgehead atoms. The van der Waals surface area contributed by atoms with Crippen molar-refractivity contribution >= 4 is 39.6 Å². The maximum Gasteiger partial charge on any atom is 0.511 e. The maximum absolute atomic E-state index is 14.3. The maximum atomic E-state index is 14.3. The minimum absolute atomic E-state index is 0.0403. The zero-order valence-corrected chi connectivity index (χ0v) is 31.2. The molecular weight excluding hydrogens is 681 g/mol. The summed E-state index contributed by atoms with van der Waals surface area (Å²) >= 11 is 0. The van der Waals surface area contributed by atoms with Crippen LogP contribution in [0.3, 0.4) is 0 Å². The highest BCUT2D eigenvalue weighted by Crippen LogP contribution is 2.65. The number of urea groups is 1. The minimum atomic E-state index is -5.67. The third-order valence-corrected chi connectivity index (χ3v) is 11.7. The lowest BCUT2D eigenvalue weighted by Gasteiger charge is -2.39. The fourth-order valence-corrected chi connectivity index (χ4v) is 7.31. The molecule has 4 N–H and O–H groups in total. The van der Waals surface area contributed by atoms with Crippen LogP contribution in [0.2, 0.25) is 0 Å². The van der Waals surface area contributed by atoms with Crippen molar-refractivity contribution in [3.8, 4) is 0 Å². The van der Waals surface area contributed by atoms with Crippen LogP contribution in [0.5, 0.6) is 0 Å². The number of likely N-dealkylation sites (N-methyl/N-ethyl adjacent to an activating group) is 1. The van der Waals surface area contributed by atoms with Gasteiger partial charge in [0.2, 0.25) is 17.6 Å². The van der Waals surface area contributed by atoms with Crippen molar-refractivity contribution in [3.05, 3.63) is 12.7 Å². The van der Waals surface area contributed by atoms with Gasteiger partial charge in [-0.1, -0.05) is 74.3 Å². The van der Waals surface area contributed by atoms with E-state index in [1.165, 1.54) is 11.0 Å². The van der Waals surface area contributed by atoms with Crippen molar-refractivity contribution < 1.29 is 45.6 Å². The SMILES string of the molecule is C=CCNC(=O)C(=O)C(CC1CC1)NC(=O)[C@@H]1[C@@H]2[C@H](CN1C(=O)[C@@H](NC(=O)N[C@H](CN(C)S(=O)(=O)C(F)(F)F)C(C)(C)C)C(C)(C)C)C2(C)C. The highest BCUT2D eigenvalue weighted by atomic mass is 32.2. The molecule has 6 atom stereocenters. The molecule has 2 saturated carbocycles. The molecule has 17 heteroatoms. The minimum Gasteiger partial charge on any atom is -0.346 e. The van der Waals surface area contributed by atoms with Gasteiger partial charge in [0, 0.05) is 32.7 Å². The first-order chi connectivity index (χ1) is 22.7. The Bertz CT molecular complexity index is 1470. The molecule has 3 fully saturated rings. The van der Waals surface area contributed by atoms with Crippen LogP contribution in [-0.4, -0.2) is 104 Å². The number of nitrogens with one attached hydrogen (secondary N) is 4. The van der Waals surface area contributed by atoms with E-state index in [4.69, 9.17) is 0 Å². The number of halogens is 3. The number of rotatable bonds is 14. The number of fused-ring (bicyclic) bond motifs is 1. The number of piperidine rings is 1. The Morgan fingerprint density at radius 2 is 1.56 bits per heavy atom. The molecule has 284 valence electrons. The Kier molecular flexibility index (Phi) is 11.9. The fraction of sp³-hybridized carbons (Fsp3) is 0.788. The summed E-state index contributed by atoms with van der Waals surface area (Å²) in [6.45, 7) is 17.0. The molecule has 50 heavy (non-hydrogen) atoms. The third kappa shape index (κ3) is 9.17. The van der Waals surface area contributed by atoms with Gasteiger partial charge in [-0.05, 0) is 40.4 Å². The molecule has 13 nitrogen and oxygen atoms in total. The second-order valence-corrected chi connectivity index (χ2v) is 18.6. The number of hydrogen-bond donors (Lipinski definition) is 4. The molecule has 1 heterocycles. The first kappa shape index (κ1) is 41.2. The monoisotopic (exact) mass is 734 g/mol. The molecule has 0 spiro atoms. The average Bonchev–Trinajstić information content (AvgIpc) is 3.82. The number of alkyl halides is 3. The quantitative estimate of drug-likeness (QED) is 0.157. The number of carbonyl (C=O) groups is 5. The summed E-state index contributed by atoms with van der Waals surface area (Å²) in [6.07, 6.45) is 3.44. The van der Waals surface area contributed by atoms with Crippen LogP contribution in [0.4, 0.5) is 18.0 Å². The normalized spacial score (nSPS) is 23.6. The van der Waals surface area contributed by atoms with Crippen LogP contribution < -0.4 is 21.3 Å². The summed E-state index contributed by atoms with van der Waals surface area (Å²) in [5.41, 5.74) is -7.65. The Hall–Kier alpha value is -3.21. The second-order valence-electron chi connectivity index (χ2n) is 16.6. The van der Waals surface area contributed by atoms with Gasteiger partial charge in [-0.3, -0.25) is 19.2 Å². The van der Waals surface area contributed by atoms with Crippen LogP contribution in [0.1, 0.15) is 74.7 Å². The molecule has 2 aliphatic carbocycles. The zero-order valence-electron chi connectivity index (χ0n) is 30.4. The van der Waals surface area contributed by atoms with Gasteiger partial charge in [0.05, 0.1) is 6.04 Å². The largest absolute Gasteiger partial charge is 0.511 e. The number of carbonyl (C=O) groups excluding carboxylic acids is 5. The lowest BCUT2D eigenvalue weighted by atomic mass is 9.85. The Labute approximate surface area is 292 Å². The number of amides is 5. The van der Waals surface area contributed by atoms with E-state index in [1.807, 2.05) is 13.8 Å². The Morgan fingerprint density at radius 1 is 0.980 bits per heavy atom. The first-order valence-corrected chi connectivity index (χ1v) is 18.2. The number of hydrogen-bond acceptors (Lipinski definition) is 7. The zero-order chi connectivity index (χ0) is 38.4. The summed E-state index contributed by atoms with van der Waals surface area (Å²) in [4.78, 5) is 68.8. The summed E-state index contributed by atoms with van der Waals surface area (Å²) in [5.74, 6) is -2.90. The van der Waals surface area contributed by atoms with E-state index in [0.717, 1.165) is 19.9 Å². The number of ketones is 1. The lowest BCUT2D eigenvalue weighted by molar-refractivity contribution is -0.145. The van der Waals surface area contributed by atoms with Gasteiger partial charge in [-0.2, -0.15) is 17.5 Å². The molecule has 0 aromatic rings. The predicted molar refractivity (Wildman–Crippen MR) is 180 cm³/mol. The van der Waals surface area contributed by atoms with Crippen molar-refractivity contribution in [2.24, 2.45) is 34.0 Å². The van der Waals surface area contributed by atoms with Gasteiger partial charge in [0.25, 0.3) is 5.91 Å². The van der Waals surface area contributed by atoms with Gasteiger partial charge in [-0.15, -0.1) is 6.58 Å². The highest BCUT2D eigenvalue weighted by Gasteiger charge is 2.70. The van der Waals surface area contributed by atoms with E-state index in [-0.39, 0.29) is 47.0 Å². The lowest BCUT2D eigenvalue weighted by Crippen LogP contribution is -2.63. The molecule has 0 aromatic heterocycles. The summed E-state index contributed by atoms with van der Waals surface area (Å²) in [5, 5.41) is 10.4. The van der Waals surface area contributed by atoms with Crippen molar-refractivity contribution in [1.82, 2.24) is 30.5 Å². The topological polar surface area (TPSA) is 174 Å². The number of nitrogens with zero attached hydrogens (tertiary/aromatic N) is 2. The Morgan fingerprint density at radius 3 is 2.04 bits per heavy atom. The second kappa shape index (κ2) is 14.4. The van der Waals surface area contributed by atoms with Gasteiger partial charge in [-0.25, -0.2) is 13.2 Å². The van der Waals surface area contributed by atoms with Crippen LogP contribution in [0.15, 0.2) is 12.7 Å². The molecule has 3 aliphatic rings.